The molecule has 1 saturated carbocycles. The van der Waals surface area contributed by atoms with E-state index in [0.29, 0.717) is 29.9 Å². The molecule has 4 heteroatoms. The third-order valence-corrected chi connectivity index (χ3v) is 5.49. The maximum Gasteiger partial charge on any atom is 0.335 e. The highest BCUT2D eigenvalue weighted by molar-refractivity contribution is 5.83. The summed E-state index contributed by atoms with van der Waals surface area (Å²) in [4.78, 5) is 21.6. The molecule has 0 aromatic heterocycles. The number of carbonyl (C=O) groups excluding carboxylic acids is 1. The molecule has 2 aromatic rings. The minimum Gasteiger partial charge on any atom is -0.423 e. The quantitative estimate of drug-likeness (QED) is 0.105. The molecule has 0 saturated heterocycles. The summed E-state index contributed by atoms with van der Waals surface area (Å²) in [5, 5.41) is 0. The van der Waals surface area contributed by atoms with Crippen molar-refractivity contribution in [2.45, 2.75) is 44.4 Å². The monoisotopic (exact) mass is 392 g/mol. The minimum absolute atomic E-state index is 0.364. The van der Waals surface area contributed by atoms with E-state index in [1.54, 1.807) is 6.08 Å². The van der Waals surface area contributed by atoms with Gasteiger partial charge in [0.15, 0.2) is 5.75 Å². The van der Waals surface area contributed by atoms with Gasteiger partial charge in [0.1, 0.15) is 12.4 Å². The summed E-state index contributed by atoms with van der Waals surface area (Å²) in [6, 6.07) is 14.1. The molecule has 0 aliphatic heterocycles. The summed E-state index contributed by atoms with van der Waals surface area (Å²) in [7, 11) is 0. The second-order valence-electron chi connectivity index (χ2n) is 7.42. The first-order chi connectivity index (χ1) is 14.1. The van der Waals surface area contributed by atoms with Crippen LogP contribution in [0.4, 0.5) is 0 Å². The number of aryl methyl sites for hydroxylation is 1. The van der Waals surface area contributed by atoms with E-state index >= 15 is 0 Å². The van der Waals surface area contributed by atoms with Crippen LogP contribution in [0.25, 0.3) is 0 Å². The van der Waals surface area contributed by atoms with Crippen LogP contribution in [-0.2, 0) is 9.68 Å². The van der Waals surface area contributed by atoms with Gasteiger partial charge < -0.3 is 9.62 Å². The van der Waals surface area contributed by atoms with E-state index in [0.717, 1.165) is 25.7 Å². The first-order valence-corrected chi connectivity index (χ1v) is 10.1. The van der Waals surface area contributed by atoms with Crippen molar-refractivity contribution in [3.8, 4) is 11.5 Å². The van der Waals surface area contributed by atoms with Crippen molar-refractivity contribution in [3.63, 3.8) is 0 Å². The van der Waals surface area contributed by atoms with E-state index in [9.17, 15) is 4.79 Å². The molecule has 2 aromatic carbocycles. The molecule has 1 aliphatic rings. The predicted molar refractivity (Wildman–Crippen MR) is 114 cm³/mol. The Hall–Kier alpha value is -2.85. The van der Waals surface area contributed by atoms with Crippen molar-refractivity contribution in [1.29, 1.82) is 0 Å². The molecule has 29 heavy (non-hydrogen) atoms. The fraction of sp³-hybridized carbons (Fsp3) is 0.320. The molecule has 0 amide bonds. The van der Waals surface area contributed by atoms with Crippen molar-refractivity contribution in [2.75, 3.05) is 6.61 Å². The average molecular weight is 392 g/mol. The molecule has 0 radical (unpaired) electrons. The Bertz CT molecular complexity index is 846. The van der Waals surface area contributed by atoms with Crippen LogP contribution in [0.1, 0.15) is 54.2 Å². The Morgan fingerprint density at radius 2 is 1.66 bits per heavy atom. The maximum atomic E-state index is 11.4. The van der Waals surface area contributed by atoms with Gasteiger partial charge in [-0.05, 0) is 85.4 Å². The van der Waals surface area contributed by atoms with Crippen LogP contribution in [0, 0.1) is 6.92 Å². The number of ether oxygens (including phenoxy) is 1. The van der Waals surface area contributed by atoms with Crippen LogP contribution in [0.3, 0.4) is 0 Å². The van der Waals surface area contributed by atoms with Gasteiger partial charge in [0.25, 0.3) is 0 Å². The molecule has 0 unspecified atom stereocenters. The molecular weight excluding hydrogens is 364 g/mol. The van der Waals surface area contributed by atoms with Gasteiger partial charge in [0, 0.05) is 6.08 Å². The van der Waals surface area contributed by atoms with E-state index in [-0.39, 0.29) is 0 Å². The van der Waals surface area contributed by atoms with Gasteiger partial charge in [-0.25, -0.2) is 4.79 Å². The number of carbonyl (C=O) groups is 1. The zero-order valence-electron chi connectivity index (χ0n) is 16.9. The highest BCUT2D eigenvalue weighted by atomic mass is 17.2. The molecule has 4 nitrogen and oxygen atoms in total. The zero-order chi connectivity index (χ0) is 20.6. The van der Waals surface area contributed by atoms with Gasteiger partial charge in [0.05, 0.1) is 0 Å². The lowest BCUT2D eigenvalue weighted by molar-refractivity contribution is -0.195. The smallest absolute Gasteiger partial charge is 0.335 e. The zero-order valence-corrected chi connectivity index (χ0v) is 16.9. The molecule has 0 bridgehead atoms. The average Bonchev–Trinajstić information content (AvgIpc) is 2.75. The molecule has 3 rings (SSSR count). The van der Waals surface area contributed by atoms with Gasteiger partial charge in [-0.2, -0.15) is 4.89 Å². The number of hydrogen-bond acceptors (Lipinski definition) is 4. The second-order valence-corrected chi connectivity index (χ2v) is 7.42. The van der Waals surface area contributed by atoms with Crippen molar-refractivity contribution in [1.82, 2.24) is 0 Å². The Kier molecular flexibility index (Phi) is 7.25. The molecule has 0 heterocycles. The summed E-state index contributed by atoms with van der Waals surface area (Å²) < 4.78 is 5.22. The Morgan fingerprint density at radius 3 is 2.28 bits per heavy atom. The first kappa shape index (κ1) is 20.9. The van der Waals surface area contributed by atoms with Gasteiger partial charge in [0.2, 0.25) is 0 Å². The van der Waals surface area contributed by atoms with E-state index in [2.05, 4.69) is 38.3 Å². The number of esters is 1. The highest BCUT2D eigenvalue weighted by Gasteiger charge is 2.24. The fourth-order valence-corrected chi connectivity index (χ4v) is 4.01. The molecule has 0 N–H and O–H groups in total. The van der Waals surface area contributed by atoms with Crippen molar-refractivity contribution in [3.05, 3.63) is 84.5 Å². The summed E-state index contributed by atoms with van der Waals surface area (Å²) >= 11 is 0. The third-order valence-electron chi connectivity index (χ3n) is 5.49. The second kappa shape index (κ2) is 10.1. The first-order valence-electron chi connectivity index (χ1n) is 10.1. The Labute approximate surface area is 172 Å². The summed E-state index contributed by atoms with van der Waals surface area (Å²) in [6.45, 7) is 9.47. The minimum atomic E-state index is -0.429. The summed E-state index contributed by atoms with van der Waals surface area (Å²) in [5.74, 6) is 1.97. The number of hydrogen-bond donors (Lipinski definition) is 0. The topological polar surface area (TPSA) is 44.8 Å². The van der Waals surface area contributed by atoms with Crippen LogP contribution in [0.5, 0.6) is 11.5 Å². The SMILES string of the molecule is C=CCOOc1ccc(C2CCC(c3ccc(OC(=O)C=C)cc3C)CC2)cc1. The molecular formula is C25H28O4. The maximum absolute atomic E-state index is 11.4. The van der Waals surface area contributed by atoms with Crippen LogP contribution in [0.15, 0.2) is 67.8 Å². The van der Waals surface area contributed by atoms with E-state index in [1.807, 2.05) is 24.3 Å². The van der Waals surface area contributed by atoms with E-state index in [1.165, 1.54) is 22.8 Å². The number of benzene rings is 2. The van der Waals surface area contributed by atoms with E-state index in [4.69, 9.17) is 14.5 Å². The third kappa shape index (κ3) is 5.58. The lowest BCUT2D eigenvalue weighted by Gasteiger charge is -2.30. The van der Waals surface area contributed by atoms with Crippen molar-refractivity contribution < 1.29 is 19.3 Å². The lowest BCUT2D eigenvalue weighted by atomic mass is 9.75. The lowest BCUT2D eigenvalue weighted by Crippen LogP contribution is -2.13. The van der Waals surface area contributed by atoms with Gasteiger partial charge in [-0.3, -0.25) is 0 Å². The Morgan fingerprint density at radius 1 is 1.00 bits per heavy atom. The van der Waals surface area contributed by atoms with Crippen LogP contribution >= 0.6 is 0 Å². The van der Waals surface area contributed by atoms with Crippen molar-refractivity contribution >= 4 is 5.97 Å². The van der Waals surface area contributed by atoms with Gasteiger partial charge in [-0.15, -0.1) is 6.58 Å². The largest absolute Gasteiger partial charge is 0.423 e. The molecule has 1 fully saturated rings. The van der Waals surface area contributed by atoms with Crippen LogP contribution in [-0.4, -0.2) is 12.6 Å². The predicted octanol–water partition coefficient (Wildman–Crippen LogP) is 6.02. The molecule has 0 atom stereocenters. The normalized spacial score (nSPS) is 18.7. The Balaban J connectivity index is 1.57. The van der Waals surface area contributed by atoms with Gasteiger partial charge >= 0.3 is 5.97 Å². The summed E-state index contributed by atoms with van der Waals surface area (Å²) in [5.41, 5.74) is 3.87. The van der Waals surface area contributed by atoms with Crippen molar-refractivity contribution in [2.24, 2.45) is 0 Å². The van der Waals surface area contributed by atoms with Gasteiger partial charge in [-0.1, -0.05) is 30.9 Å². The highest BCUT2D eigenvalue weighted by Crippen LogP contribution is 2.42. The molecule has 0 spiro atoms. The number of rotatable bonds is 8. The molecule has 152 valence electrons. The molecule has 1 aliphatic carbocycles. The van der Waals surface area contributed by atoms with Crippen LogP contribution in [0.2, 0.25) is 0 Å². The standard InChI is InChI=1S/C25H28O4/c1-4-16-27-29-22-12-10-20(11-13-22)19-6-8-21(9-7-19)24-15-14-23(17-18(24)3)28-25(26)5-2/h4-5,10-15,17,19,21H,1-2,6-9,16H2,3H3. The fourth-order valence-electron chi connectivity index (χ4n) is 4.01. The summed E-state index contributed by atoms with van der Waals surface area (Å²) in [6.07, 6.45) is 7.44. The van der Waals surface area contributed by atoms with Crippen LogP contribution < -0.4 is 9.62 Å². The van der Waals surface area contributed by atoms with E-state index < -0.39 is 5.97 Å².